The zero-order valence-electron chi connectivity index (χ0n) is 19.5. The number of carbonyl (C=O) groups excluding carboxylic acids is 2. The molecule has 2 saturated heterocycles. The molecule has 1 N–H and O–H groups in total. The standard InChI is InChI=1S/C18H31NO12S3/c1-6-27-17(21)11(18(22)28-7-2)15-19-12(10(9-20)29-15)13(30-33(4,23)24)14(16(19)32-8-3)31-34(5,25)26/h10-16,20H,6-9H2,1-5H3/t10-,12+,13+,14-,15+,16+/m1/s1. The second-order valence-electron chi connectivity index (χ2n) is 7.54. The quantitative estimate of drug-likeness (QED) is 0.176. The van der Waals surface area contributed by atoms with Gasteiger partial charge in [-0.3, -0.25) is 22.9 Å². The van der Waals surface area contributed by atoms with Gasteiger partial charge in [-0.1, -0.05) is 6.92 Å². The van der Waals surface area contributed by atoms with Crippen molar-refractivity contribution < 1.29 is 54.1 Å². The summed E-state index contributed by atoms with van der Waals surface area (Å²) in [6, 6.07) is -1.08. The van der Waals surface area contributed by atoms with Gasteiger partial charge in [-0.25, -0.2) is 0 Å². The fraction of sp³-hybridized carbons (Fsp3) is 0.889. The molecule has 0 aromatic rings. The molecule has 0 radical (unpaired) electrons. The van der Waals surface area contributed by atoms with E-state index in [0.29, 0.717) is 5.75 Å². The lowest BCUT2D eigenvalue weighted by Gasteiger charge is -2.32. The van der Waals surface area contributed by atoms with Crippen LogP contribution in [0, 0.1) is 5.92 Å². The van der Waals surface area contributed by atoms with Gasteiger partial charge in [0, 0.05) is 0 Å². The number of rotatable bonds is 12. The lowest BCUT2D eigenvalue weighted by Crippen LogP contribution is -2.50. The number of aliphatic hydroxyl groups excluding tert-OH is 1. The second kappa shape index (κ2) is 11.8. The van der Waals surface area contributed by atoms with Crippen LogP contribution in [0.2, 0.25) is 0 Å². The molecule has 2 aliphatic rings. The zero-order chi connectivity index (χ0) is 25.8. The van der Waals surface area contributed by atoms with Gasteiger partial charge in [0.1, 0.15) is 24.5 Å². The summed E-state index contributed by atoms with van der Waals surface area (Å²) in [7, 11) is -8.22. The highest BCUT2D eigenvalue weighted by atomic mass is 32.2. The Kier molecular flexibility index (Phi) is 10.2. The summed E-state index contributed by atoms with van der Waals surface area (Å²) in [5.74, 6) is -3.09. The molecule has 0 aromatic heterocycles. The van der Waals surface area contributed by atoms with Crippen LogP contribution in [0.4, 0.5) is 0 Å². The highest BCUT2D eigenvalue weighted by molar-refractivity contribution is 7.99. The topological polar surface area (TPSA) is 172 Å². The Morgan fingerprint density at radius 2 is 1.47 bits per heavy atom. The first kappa shape index (κ1) is 29.2. The van der Waals surface area contributed by atoms with Gasteiger partial charge >= 0.3 is 11.9 Å². The Balaban J connectivity index is 2.65. The van der Waals surface area contributed by atoms with Crippen molar-refractivity contribution in [3.8, 4) is 0 Å². The first-order valence-electron chi connectivity index (χ1n) is 10.5. The maximum Gasteiger partial charge on any atom is 0.324 e. The molecule has 13 nitrogen and oxygen atoms in total. The number of fused-ring (bicyclic) bond motifs is 1. The number of esters is 2. The number of carbonyl (C=O) groups is 2. The number of hydrogen-bond acceptors (Lipinski definition) is 14. The summed E-state index contributed by atoms with van der Waals surface area (Å²) in [5, 5.41) is 9.07. The lowest BCUT2D eigenvalue weighted by molar-refractivity contribution is -0.174. The molecule has 0 amide bonds. The van der Waals surface area contributed by atoms with Gasteiger partial charge in [0.25, 0.3) is 20.2 Å². The van der Waals surface area contributed by atoms with Gasteiger partial charge < -0.3 is 19.3 Å². The molecule has 2 fully saturated rings. The Labute approximate surface area is 203 Å². The fourth-order valence-electron chi connectivity index (χ4n) is 4.08. The molecule has 198 valence electrons. The predicted octanol–water partition coefficient (Wildman–Crippen LogP) is -1.10. The van der Waals surface area contributed by atoms with Crippen LogP contribution in [-0.2, 0) is 52.4 Å². The molecule has 34 heavy (non-hydrogen) atoms. The summed E-state index contributed by atoms with van der Waals surface area (Å²) < 4.78 is 74.6. The summed E-state index contributed by atoms with van der Waals surface area (Å²) in [5.41, 5.74) is 0. The van der Waals surface area contributed by atoms with E-state index >= 15 is 0 Å². The first-order valence-corrected chi connectivity index (χ1v) is 15.2. The van der Waals surface area contributed by atoms with Crippen molar-refractivity contribution in [3.05, 3.63) is 0 Å². The van der Waals surface area contributed by atoms with Crippen LogP contribution in [0.25, 0.3) is 0 Å². The van der Waals surface area contributed by atoms with Crippen LogP contribution < -0.4 is 0 Å². The van der Waals surface area contributed by atoms with E-state index in [1.165, 1.54) is 16.7 Å². The maximum atomic E-state index is 12.8. The summed E-state index contributed by atoms with van der Waals surface area (Å²) in [6.07, 6.45) is -3.71. The SMILES string of the molecule is CCOC(=O)C(C(=O)OCC)[C@@H]1O[C@H](CO)[C@H]2[C@H](OS(C)(=O)=O)[C@@H](OS(C)(=O)=O)[C@H](SCC)N21. The summed E-state index contributed by atoms with van der Waals surface area (Å²) >= 11 is 1.17. The normalized spacial score (nSPS) is 29.9. The van der Waals surface area contributed by atoms with Gasteiger partial charge in [0.2, 0.25) is 0 Å². The number of aliphatic hydroxyl groups is 1. The van der Waals surface area contributed by atoms with E-state index in [4.69, 9.17) is 22.6 Å². The van der Waals surface area contributed by atoms with Crippen molar-refractivity contribution in [2.75, 3.05) is 38.1 Å². The van der Waals surface area contributed by atoms with E-state index < -0.39 is 80.7 Å². The number of nitrogens with zero attached hydrogens (tertiary/aromatic N) is 1. The molecule has 0 unspecified atom stereocenters. The minimum atomic E-state index is -4.12. The van der Waals surface area contributed by atoms with Crippen molar-refractivity contribution in [1.29, 1.82) is 0 Å². The van der Waals surface area contributed by atoms with Crippen molar-refractivity contribution in [3.63, 3.8) is 0 Å². The van der Waals surface area contributed by atoms with Crippen LogP contribution in [-0.4, -0.2) is 113 Å². The maximum absolute atomic E-state index is 12.8. The molecule has 0 spiro atoms. The van der Waals surface area contributed by atoms with Crippen LogP contribution in [0.5, 0.6) is 0 Å². The lowest BCUT2D eigenvalue weighted by atomic mass is 10.1. The van der Waals surface area contributed by atoms with Gasteiger partial charge in [-0.15, -0.1) is 11.8 Å². The Bertz CT molecular complexity index is 922. The van der Waals surface area contributed by atoms with Gasteiger partial charge in [0.15, 0.2) is 5.92 Å². The van der Waals surface area contributed by atoms with Crippen LogP contribution in [0.1, 0.15) is 20.8 Å². The first-order chi connectivity index (χ1) is 15.8. The monoisotopic (exact) mass is 549 g/mol. The van der Waals surface area contributed by atoms with E-state index in [0.717, 1.165) is 12.5 Å². The highest BCUT2D eigenvalue weighted by Crippen LogP contribution is 2.46. The van der Waals surface area contributed by atoms with E-state index in [1.54, 1.807) is 20.8 Å². The minimum Gasteiger partial charge on any atom is -0.465 e. The third kappa shape index (κ3) is 6.81. The molecule has 16 heteroatoms. The molecule has 2 rings (SSSR count). The smallest absolute Gasteiger partial charge is 0.324 e. The zero-order valence-corrected chi connectivity index (χ0v) is 21.9. The molecule has 0 aromatic carbocycles. The van der Waals surface area contributed by atoms with E-state index in [-0.39, 0.29) is 13.2 Å². The average Bonchev–Trinajstić information content (AvgIpc) is 3.18. The molecule has 0 saturated carbocycles. The largest absolute Gasteiger partial charge is 0.465 e. The van der Waals surface area contributed by atoms with Crippen molar-refractivity contribution in [2.45, 2.75) is 56.7 Å². The summed E-state index contributed by atoms with van der Waals surface area (Å²) in [6.45, 7) is 4.14. The fourth-order valence-corrected chi connectivity index (χ4v) is 6.57. The number of thioether (sulfide) groups is 1. The van der Waals surface area contributed by atoms with Gasteiger partial charge in [0.05, 0.1) is 43.7 Å². The molecule has 6 atom stereocenters. The third-order valence-corrected chi connectivity index (χ3v) is 7.35. The molecular formula is C18H31NO12S3. The molecular weight excluding hydrogens is 518 g/mol. The van der Waals surface area contributed by atoms with Gasteiger partial charge in [-0.05, 0) is 19.6 Å². The molecule has 2 heterocycles. The van der Waals surface area contributed by atoms with Crippen LogP contribution >= 0.6 is 11.8 Å². The van der Waals surface area contributed by atoms with Gasteiger partial charge in [-0.2, -0.15) is 16.8 Å². The highest BCUT2D eigenvalue weighted by Gasteiger charge is 2.65. The molecule has 2 aliphatic heterocycles. The van der Waals surface area contributed by atoms with E-state index in [9.17, 15) is 31.5 Å². The van der Waals surface area contributed by atoms with Crippen molar-refractivity contribution in [2.24, 2.45) is 5.92 Å². The van der Waals surface area contributed by atoms with Crippen molar-refractivity contribution in [1.82, 2.24) is 4.90 Å². The second-order valence-corrected chi connectivity index (χ2v) is 12.1. The molecule has 0 bridgehead atoms. The number of hydrogen-bond donors (Lipinski definition) is 1. The molecule has 0 aliphatic carbocycles. The average molecular weight is 550 g/mol. The van der Waals surface area contributed by atoms with E-state index in [2.05, 4.69) is 0 Å². The minimum absolute atomic E-state index is 0.0406. The summed E-state index contributed by atoms with van der Waals surface area (Å²) in [4.78, 5) is 27.0. The predicted molar refractivity (Wildman–Crippen MR) is 119 cm³/mol. The third-order valence-electron chi connectivity index (χ3n) is 5.02. The van der Waals surface area contributed by atoms with Crippen molar-refractivity contribution >= 4 is 43.9 Å². The Morgan fingerprint density at radius 3 is 1.88 bits per heavy atom. The van der Waals surface area contributed by atoms with E-state index in [1.807, 2.05) is 0 Å². The van der Waals surface area contributed by atoms with Crippen LogP contribution in [0.15, 0.2) is 0 Å². The Morgan fingerprint density at radius 1 is 0.971 bits per heavy atom. The Hall–Kier alpha value is -1.01. The van der Waals surface area contributed by atoms with Crippen LogP contribution in [0.3, 0.4) is 0 Å². The number of ether oxygens (including phenoxy) is 3.